The van der Waals surface area contributed by atoms with Crippen molar-refractivity contribution in [2.75, 3.05) is 11.9 Å². The van der Waals surface area contributed by atoms with Crippen LogP contribution in [0.2, 0.25) is 0 Å². The number of benzene rings is 1. The topological polar surface area (TPSA) is 126 Å². The number of aromatic amines is 1. The fourth-order valence-corrected chi connectivity index (χ4v) is 2.99. The summed E-state index contributed by atoms with van der Waals surface area (Å²) in [7, 11) is 0. The summed E-state index contributed by atoms with van der Waals surface area (Å²) in [5.74, 6) is 0.125. The van der Waals surface area contributed by atoms with Gasteiger partial charge in [0.1, 0.15) is 0 Å². The highest BCUT2D eigenvalue weighted by Gasteiger charge is 2.44. The van der Waals surface area contributed by atoms with E-state index in [9.17, 15) is 9.59 Å². The summed E-state index contributed by atoms with van der Waals surface area (Å²) in [6, 6.07) is 11.2. The molecule has 0 aliphatic heterocycles. The van der Waals surface area contributed by atoms with Crippen LogP contribution in [0.5, 0.6) is 0 Å². The fraction of sp³-hybridized carbons (Fsp3) is 0.222. The molecule has 3 aromatic rings. The lowest BCUT2D eigenvalue weighted by Crippen LogP contribution is -2.34. The Labute approximate surface area is 154 Å². The van der Waals surface area contributed by atoms with Gasteiger partial charge in [-0.3, -0.25) is 14.6 Å². The molecule has 0 unspecified atom stereocenters. The summed E-state index contributed by atoms with van der Waals surface area (Å²) in [4.78, 5) is 28.2. The minimum absolute atomic E-state index is 0.0696. The highest BCUT2D eigenvalue weighted by Crippen LogP contribution is 2.48. The van der Waals surface area contributed by atoms with Gasteiger partial charge in [-0.2, -0.15) is 5.21 Å². The molecular weight excluding hydrogens is 346 g/mol. The van der Waals surface area contributed by atoms with Gasteiger partial charge in [-0.25, -0.2) is 0 Å². The van der Waals surface area contributed by atoms with E-state index in [1.807, 2.05) is 24.3 Å². The van der Waals surface area contributed by atoms with Crippen molar-refractivity contribution in [1.29, 1.82) is 0 Å². The number of hydrogen-bond acceptors (Lipinski definition) is 6. The van der Waals surface area contributed by atoms with Crippen molar-refractivity contribution in [3.8, 4) is 11.4 Å². The van der Waals surface area contributed by atoms with E-state index in [1.54, 1.807) is 24.5 Å². The zero-order chi connectivity index (χ0) is 18.6. The molecule has 2 atom stereocenters. The van der Waals surface area contributed by atoms with Gasteiger partial charge >= 0.3 is 0 Å². The third-order valence-electron chi connectivity index (χ3n) is 4.41. The third-order valence-corrected chi connectivity index (χ3v) is 4.41. The summed E-state index contributed by atoms with van der Waals surface area (Å²) in [6.45, 7) is -0.0696. The molecule has 1 aliphatic carbocycles. The number of nitrogens with zero attached hydrogens (tertiary/aromatic N) is 4. The van der Waals surface area contributed by atoms with E-state index in [1.165, 1.54) is 0 Å². The molecule has 1 fully saturated rings. The second-order valence-corrected chi connectivity index (χ2v) is 6.32. The van der Waals surface area contributed by atoms with Crippen LogP contribution in [-0.4, -0.2) is 44.0 Å². The number of H-pyrrole nitrogens is 1. The van der Waals surface area contributed by atoms with E-state index in [0.717, 1.165) is 17.5 Å². The molecule has 0 saturated heterocycles. The molecule has 1 aromatic carbocycles. The second-order valence-electron chi connectivity index (χ2n) is 6.32. The van der Waals surface area contributed by atoms with Crippen LogP contribution in [0.15, 0.2) is 48.8 Å². The number of aromatic nitrogens is 5. The summed E-state index contributed by atoms with van der Waals surface area (Å²) >= 11 is 0. The van der Waals surface area contributed by atoms with Gasteiger partial charge in [0.25, 0.3) is 0 Å². The number of tetrazole rings is 1. The molecule has 0 radical (unpaired) electrons. The van der Waals surface area contributed by atoms with Gasteiger partial charge < -0.3 is 10.6 Å². The molecule has 1 aliphatic rings. The van der Waals surface area contributed by atoms with Crippen LogP contribution in [0.4, 0.5) is 5.69 Å². The van der Waals surface area contributed by atoms with Crippen molar-refractivity contribution < 1.29 is 9.59 Å². The Hall–Kier alpha value is -3.62. The van der Waals surface area contributed by atoms with Crippen LogP contribution in [0.3, 0.4) is 0 Å². The molecule has 27 heavy (non-hydrogen) atoms. The molecule has 0 bridgehead atoms. The summed E-state index contributed by atoms with van der Waals surface area (Å²) in [6.07, 6.45) is 3.93. The number of carbonyl (C=O) groups excluding carboxylic acids is 2. The van der Waals surface area contributed by atoms with Crippen LogP contribution < -0.4 is 10.6 Å². The molecular formula is C18H17N7O2. The number of carbonyl (C=O) groups is 2. The van der Waals surface area contributed by atoms with Crippen molar-refractivity contribution in [3.05, 3.63) is 54.4 Å². The normalized spacial score (nSPS) is 17.9. The van der Waals surface area contributed by atoms with Gasteiger partial charge in [0.2, 0.25) is 17.6 Å². The predicted octanol–water partition coefficient (Wildman–Crippen LogP) is 1.12. The molecule has 136 valence electrons. The molecule has 2 aromatic heterocycles. The predicted molar refractivity (Wildman–Crippen MR) is 96.3 cm³/mol. The molecule has 9 heteroatoms. The summed E-state index contributed by atoms with van der Waals surface area (Å²) in [5, 5.41) is 19.3. The molecule has 9 nitrogen and oxygen atoms in total. The van der Waals surface area contributed by atoms with Crippen LogP contribution >= 0.6 is 0 Å². The molecule has 2 heterocycles. The smallest absolute Gasteiger partial charge is 0.243 e. The zero-order valence-corrected chi connectivity index (χ0v) is 14.3. The number of hydrogen-bond donors (Lipinski definition) is 3. The van der Waals surface area contributed by atoms with Gasteiger partial charge in [-0.1, -0.05) is 18.2 Å². The van der Waals surface area contributed by atoms with E-state index < -0.39 is 0 Å². The third kappa shape index (κ3) is 3.97. The molecule has 1 saturated carbocycles. The average Bonchev–Trinajstić information content (AvgIpc) is 3.31. The maximum absolute atomic E-state index is 12.3. The maximum Gasteiger partial charge on any atom is 0.243 e. The van der Waals surface area contributed by atoms with Crippen LogP contribution in [-0.2, 0) is 9.59 Å². The van der Waals surface area contributed by atoms with Crippen molar-refractivity contribution in [1.82, 2.24) is 30.9 Å². The Morgan fingerprint density at radius 2 is 2.15 bits per heavy atom. The Morgan fingerprint density at radius 1 is 1.22 bits per heavy atom. The second kappa shape index (κ2) is 7.32. The van der Waals surface area contributed by atoms with Crippen LogP contribution in [0.25, 0.3) is 11.4 Å². The number of anilines is 1. The maximum atomic E-state index is 12.3. The first-order chi connectivity index (χ1) is 13.2. The lowest BCUT2D eigenvalue weighted by Gasteiger charge is -2.07. The minimum Gasteiger partial charge on any atom is -0.347 e. The Balaban J connectivity index is 1.30. The SMILES string of the molecule is O=C(CNC(=O)[C@@H]1C[C@H]1c1cccc(-c2nn[nH]n2)c1)Nc1cccnc1. The number of nitrogens with one attached hydrogen (secondary N) is 3. The Morgan fingerprint density at radius 3 is 2.93 bits per heavy atom. The van der Waals surface area contributed by atoms with Gasteiger partial charge in [0, 0.05) is 17.7 Å². The van der Waals surface area contributed by atoms with Crippen LogP contribution in [0, 0.1) is 5.92 Å². The van der Waals surface area contributed by atoms with E-state index in [-0.39, 0.29) is 30.2 Å². The Bertz CT molecular complexity index is 943. The molecule has 2 amide bonds. The zero-order valence-electron chi connectivity index (χ0n) is 14.3. The van der Waals surface area contributed by atoms with E-state index in [4.69, 9.17) is 0 Å². The van der Waals surface area contributed by atoms with Gasteiger partial charge in [-0.05, 0) is 41.3 Å². The van der Waals surface area contributed by atoms with Crippen molar-refractivity contribution >= 4 is 17.5 Å². The summed E-state index contributed by atoms with van der Waals surface area (Å²) in [5.41, 5.74) is 2.50. The fourth-order valence-electron chi connectivity index (χ4n) is 2.99. The molecule has 0 spiro atoms. The number of amides is 2. The molecule has 4 rings (SSSR count). The highest BCUT2D eigenvalue weighted by atomic mass is 16.2. The lowest BCUT2D eigenvalue weighted by molar-refractivity contribution is -0.125. The first-order valence-corrected chi connectivity index (χ1v) is 8.52. The largest absolute Gasteiger partial charge is 0.347 e. The monoisotopic (exact) mass is 363 g/mol. The van der Waals surface area contributed by atoms with Gasteiger partial charge in [-0.15, -0.1) is 10.2 Å². The average molecular weight is 363 g/mol. The number of pyridine rings is 1. The van der Waals surface area contributed by atoms with E-state index in [2.05, 4.69) is 36.2 Å². The van der Waals surface area contributed by atoms with Gasteiger partial charge in [0.05, 0.1) is 18.4 Å². The highest BCUT2D eigenvalue weighted by molar-refractivity contribution is 5.95. The van der Waals surface area contributed by atoms with Crippen molar-refractivity contribution in [2.24, 2.45) is 5.92 Å². The Kier molecular flexibility index (Phi) is 4.56. The standard InChI is InChI=1S/C18H17N7O2/c26-16(21-13-5-2-6-19-9-13)10-20-18(27)15-8-14(15)11-3-1-4-12(7-11)17-22-24-25-23-17/h1-7,9,14-15H,8,10H2,(H,20,27)(H,21,26)(H,22,23,24,25)/t14-,15+/m0/s1. The van der Waals surface area contributed by atoms with Crippen LogP contribution in [0.1, 0.15) is 17.9 Å². The van der Waals surface area contributed by atoms with Gasteiger partial charge in [0.15, 0.2) is 0 Å². The number of rotatable bonds is 6. The quantitative estimate of drug-likeness (QED) is 0.602. The van der Waals surface area contributed by atoms with E-state index >= 15 is 0 Å². The van der Waals surface area contributed by atoms with E-state index in [0.29, 0.717) is 11.5 Å². The first-order valence-electron chi connectivity index (χ1n) is 8.52. The molecule has 3 N–H and O–H groups in total. The minimum atomic E-state index is -0.285. The van der Waals surface area contributed by atoms with Crippen molar-refractivity contribution in [3.63, 3.8) is 0 Å². The summed E-state index contributed by atoms with van der Waals surface area (Å²) < 4.78 is 0. The van der Waals surface area contributed by atoms with Crippen molar-refractivity contribution in [2.45, 2.75) is 12.3 Å². The lowest BCUT2D eigenvalue weighted by atomic mass is 10.1. The first kappa shape index (κ1) is 16.8.